The van der Waals surface area contributed by atoms with Crippen LogP contribution < -0.4 is 5.73 Å². The number of hydrogen-bond acceptors (Lipinski definition) is 8. The summed E-state index contributed by atoms with van der Waals surface area (Å²) in [5, 5.41) is 17.2. The molecule has 0 aliphatic carbocycles. The number of rotatable bonds is 2. The predicted molar refractivity (Wildman–Crippen MR) is 115 cm³/mol. The molecule has 2 aromatic heterocycles. The first-order valence-corrected chi connectivity index (χ1v) is 11.7. The van der Waals surface area contributed by atoms with Gasteiger partial charge in [-0.3, -0.25) is 4.79 Å². The van der Waals surface area contributed by atoms with Gasteiger partial charge in [-0.05, 0) is 44.1 Å². The molecule has 1 fully saturated rings. The van der Waals surface area contributed by atoms with Crippen molar-refractivity contribution in [3.63, 3.8) is 0 Å². The second-order valence-corrected chi connectivity index (χ2v) is 9.21. The van der Waals surface area contributed by atoms with Gasteiger partial charge in [-0.2, -0.15) is 26.3 Å². The average Bonchev–Trinajstić information content (AvgIpc) is 3.32. The minimum atomic E-state index is -5.18. The first kappa shape index (κ1) is 27.1. The van der Waals surface area contributed by atoms with E-state index in [1.54, 1.807) is 0 Å². The van der Waals surface area contributed by atoms with Gasteiger partial charge in [0, 0.05) is 26.3 Å². The van der Waals surface area contributed by atoms with Crippen LogP contribution in [-0.4, -0.2) is 63.6 Å². The number of hydrogen-bond donors (Lipinski definition) is 2. The normalized spacial score (nSPS) is 22.7. The second kappa shape index (κ2) is 10.1. The van der Waals surface area contributed by atoms with Crippen LogP contribution in [0.5, 0.6) is 0 Å². The molecule has 0 unspecified atom stereocenters. The van der Waals surface area contributed by atoms with Crippen molar-refractivity contribution in [1.82, 2.24) is 20.1 Å². The van der Waals surface area contributed by atoms with Gasteiger partial charge < -0.3 is 24.9 Å². The maximum atomic E-state index is 13.9. The number of anilines is 1. The molecule has 4 rings (SSSR count). The number of fused-ring (bicyclic) bond motifs is 5. The Balaban J connectivity index is 1.83. The Hall–Kier alpha value is -2.94. The Labute approximate surface area is 207 Å². The molecule has 37 heavy (non-hydrogen) atoms. The summed E-state index contributed by atoms with van der Waals surface area (Å²) in [6.45, 7) is 0.996. The molecule has 2 aliphatic heterocycles. The molecule has 1 saturated heterocycles. The van der Waals surface area contributed by atoms with Crippen LogP contribution in [0.15, 0.2) is 10.5 Å². The Morgan fingerprint density at radius 3 is 2.43 bits per heavy atom. The maximum Gasteiger partial charge on any atom is 0.426 e. The minimum absolute atomic E-state index is 0.0162. The maximum absolute atomic E-state index is 13.9. The van der Waals surface area contributed by atoms with Gasteiger partial charge in [0.2, 0.25) is 5.60 Å². The summed E-state index contributed by atoms with van der Waals surface area (Å²) in [5.41, 5.74) is -1.36. The van der Waals surface area contributed by atoms with E-state index in [1.807, 2.05) is 0 Å². The molecule has 0 radical (unpaired) electrons. The molecule has 9 nitrogen and oxygen atoms in total. The fourth-order valence-corrected chi connectivity index (χ4v) is 4.46. The van der Waals surface area contributed by atoms with Gasteiger partial charge in [0.25, 0.3) is 17.7 Å². The Morgan fingerprint density at radius 1 is 1.08 bits per heavy atom. The van der Waals surface area contributed by atoms with Gasteiger partial charge in [0.05, 0.1) is 11.3 Å². The number of alkyl halides is 6. The van der Waals surface area contributed by atoms with Gasteiger partial charge in [-0.25, -0.2) is 4.98 Å². The van der Waals surface area contributed by atoms with Crippen LogP contribution in [0, 0.1) is 5.92 Å². The van der Waals surface area contributed by atoms with Crippen LogP contribution >= 0.6 is 0 Å². The van der Waals surface area contributed by atoms with Crippen molar-refractivity contribution in [3.8, 4) is 11.6 Å². The van der Waals surface area contributed by atoms with Gasteiger partial charge >= 0.3 is 12.4 Å². The van der Waals surface area contributed by atoms with E-state index in [0.717, 1.165) is 0 Å². The van der Waals surface area contributed by atoms with Crippen LogP contribution in [0.25, 0.3) is 11.6 Å². The van der Waals surface area contributed by atoms with E-state index < -0.39 is 64.7 Å². The lowest BCUT2D eigenvalue weighted by molar-refractivity contribution is -0.277. The fraction of sp³-hybridized carbons (Fsp3) is 0.636. The largest absolute Gasteiger partial charge is 0.426 e. The number of halogens is 6. The molecule has 204 valence electrons. The van der Waals surface area contributed by atoms with Gasteiger partial charge in [0.15, 0.2) is 5.69 Å². The average molecular weight is 537 g/mol. The highest BCUT2D eigenvalue weighted by Crippen LogP contribution is 2.43. The fourth-order valence-electron chi connectivity index (χ4n) is 4.46. The zero-order valence-electron chi connectivity index (χ0n) is 19.5. The number of nitrogens with zero attached hydrogens (tertiary/aromatic N) is 4. The lowest BCUT2D eigenvalue weighted by Gasteiger charge is -2.31. The van der Waals surface area contributed by atoms with E-state index in [0.29, 0.717) is 32.1 Å². The Kier molecular flexibility index (Phi) is 7.38. The quantitative estimate of drug-likeness (QED) is 0.552. The number of carbonyl (C=O) groups excluding carboxylic acids is 1. The van der Waals surface area contributed by atoms with Gasteiger partial charge in [-0.15, -0.1) is 10.2 Å². The summed E-state index contributed by atoms with van der Waals surface area (Å²) in [7, 11) is 0. The molecule has 1 atom stereocenters. The van der Waals surface area contributed by atoms with Crippen molar-refractivity contribution in [3.05, 3.63) is 23.2 Å². The summed E-state index contributed by atoms with van der Waals surface area (Å²) < 4.78 is 93.5. The van der Waals surface area contributed by atoms with E-state index in [2.05, 4.69) is 15.2 Å². The molecule has 4 bridgehead atoms. The van der Waals surface area contributed by atoms with E-state index in [9.17, 15) is 36.2 Å². The van der Waals surface area contributed by atoms with Crippen molar-refractivity contribution in [2.24, 2.45) is 5.92 Å². The van der Waals surface area contributed by atoms with Crippen LogP contribution in [0.4, 0.5) is 32.0 Å². The highest BCUT2D eigenvalue weighted by Gasteiger charge is 2.58. The SMILES string of the molecule is Nc1cc(C(F)(F)F)c2nc1-c1nnc(o1)[C@@](O)(C(F)(F)F)CCCCCN(CC1CCOCC1)C2=O. The number of nitrogens with two attached hydrogens (primary N) is 1. The van der Waals surface area contributed by atoms with Crippen LogP contribution in [-0.2, 0) is 16.5 Å². The van der Waals surface area contributed by atoms with Gasteiger partial charge in [0.1, 0.15) is 5.69 Å². The third-order valence-corrected chi connectivity index (χ3v) is 6.58. The third kappa shape index (κ3) is 5.51. The number of amides is 1. The zero-order chi connectivity index (χ0) is 27.0. The smallest absolute Gasteiger partial charge is 0.416 e. The second-order valence-electron chi connectivity index (χ2n) is 9.21. The molecule has 0 spiro atoms. The summed E-state index contributed by atoms with van der Waals surface area (Å²) in [6.07, 6.45) is -9.59. The van der Waals surface area contributed by atoms with E-state index in [-0.39, 0.29) is 38.3 Å². The van der Waals surface area contributed by atoms with Crippen LogP contribution in [0.2, 0.25) is 0 Å². The van der Waals surface area contributed by atoms with Crippen LogP contribution in [0.3, 0.4) is 0 Å². The third-order valence-electron chi connectivity index (χ3n) is 6.58. The number of ether oxygens (including phenoxy) is 1. The number of aliphatic hydroxyl groups is 1. The molecule has 0 saturated carbocycles. The molecule has 4 heterocycles. The van der Waals surface area contributed by atoms with Gasteiger partial charge in [-0.1, -0.05) is 6.42 Å². The molecule has 3 N–H and O–H groups in total. The van der Waals surface area contributed by atoms with Crippen molar-refractivity contribution in [2.75, 3.05) is 32.0 Å². The van der Waals surface area contributed by atoms with Crippen molar-refractivity contribution >= 4 is 11.6 Å². The first-order valence-electron chi connectivity index (χ1n) is 11.7. The van der Waals surface area contributed by atoms with E-state index in [1.165, 1.54) is 4.90 Å². The van der Waals surface area contributed by atoms with Crippen molar-refractivity contribution in [2.45, 2.75) is 56.5 Å². The monoisotopic (exact) mass is 537 g/mol. The number of pyridine rings is 1. The Bertz CT molecular complexity index is 1130. The lowest BCUT2D eigenvalue weighted by Crippen LogP contribution is -2.42. The number of aromatic nitrogens is 3. The van der Waals surface area contributed by atoms with Crippen molar-refractivity contribution in [1.29, 1.82) is 0 Å². The molecule has 15 heteroatoms. The molecular formula is C22H25F6N5O4. The standard InChI is InChI=1S/C22H25F6N5O4/c23-21(24,25)13-10-14(29)16-17-31-32-19(37-17)20(35,22(26,27)28)6-2-1-3-7-33(18(34)15(13)30-16)11-12-4-8-36-9-5-12/h10,12,35H,1-9,11,29H2/t20-/m1/s1. The molecule has 2 aromatic rings. The summed E-state index contributed by atoms with van der Waals surface area (Å²) >= 11 is 0. The summed E-state index contributed by atoms with van der Waals surface area (Å²) in [6, 6.07) is 0.466. The molecule has 0 aromatic carbocycles. The van der Waals surface area contributed by atoms with Crippen LogP contribution in [0.1, 0.15) is 60.5 Å². The minimum Gasteiger partial charge on any atom is -0.416 e. The number of carbonyl (C=O) groups is 1. The Morgan fingerprint density at radius 2 is 1.78 bits per heavy atom. The zero-order valence-corrected chi connectivity index (χ0v) is 19.5. The van der Waals surface area contributed by atoms with E-state index in [4.69, 9.17) is 14.9 Å². The molecular weight excluding hydrogens is 512 g/mol. The van der Waals surface area contributed by atoms with E-state index >= 15 is 0 Å². The predicted octanol–water partition coefficient (Wildman–Crippen LogP) is 3.93. The topological polar surface area (TPSA) is 128 Å². The first-order chi connectivity index (χ1) is 17.3. The molecule has 2 aliphatic rings. The highest BCUT2D eigenvalue weighted by atomic mass is 19.4. The lowest BCUT2D eigenvalue weighted by atomic mass is 9.95. The molecule has 1 amide bonds. The van der Waals surface area contributed by atoms with Crippen molar-refractivity contribution < 1.29 is 45.4 Å². The number of nitrogen functional groups attached to an aromatic ring is 1. The highest BCUT2D eigenvalue weighted by molar-refractivity contribution is 5.95. The summed E-state index contributed by atoms with van der Waals surface area (Å²) in [4.78, 5) is 18.5. The summed E-state index contributed by atoms with van der Waals surface area (Å²) in [5.74, 6) is -2.98.